The van der Waals surface area contributed by atoms with Crippen molar-refractivity contribution in [1.29, 1.82) is 0 Å². The van der Waals surface area contributed by atoms with Crippen LogP contribution in [0.25, 0.3) is 17.1 Å². The molecule has 2 aromatic heterocycles. The van der Waals surface area contributed by atoms with Crippen molar-refractivity contribution < 1.29 is 48.5 Å². The van der Waals surface area contributed by atoms with Gasteiger partial charge in [0.15, 0.2) is 11.6 Å². The average Bonchev–Trinajstić information content (AvgIpc) is 3.21. The molecule has 21 nitrogen and oxygen atoms in total. The summed E-state index contributed by atoms with van der Waals surface area (Å²) in [4.78, 5) is 95.0. The zero-order valence-electron chi connectivity index (χ0n) is 49.6. The number of phenols is 2. The zero-order chi connectivity index (χ0) is 61.0. The van der Waals surface area contributed by atoms with Crippen LogP contribution in [0.5, 0.6) is 17.2 Å². The van der Waals surface area contributed by atoms with Crippen molar-refractivity contribution in [1.82, 2.24) is 51.3 Å². The molecule has 0 saturated carbocycles. The Hall–Kier alpha value is -8.72. The number of aryl methyl sites for hydroxylation is 1. The number of aromatic nitrogens is 5. The fourth-order valence-electron chi connectivity index (χ4n) is 10.4. The van der Waals surface area contributed by atoms with Crippen molar-refractivity contribution in [2.75, 3.05) is 31.1 Å². The number of benzene rings is 4. The van der Waals surface area contributed by atoms with E-state index < -0.39 is 59.3 Å². The molecule has 21 heteroatoms. The quantitative estimate of drug-likeness (QED) is 0.0257. The smallest absolute Gasteiger partial charge is 0.289 e. The minimum atomic E-state index is -1.10. The summed E-state index contributed by atoms with van der Waals surface area (Å²) in [7, 11) is 0. The Kier molecular flexibility index (Phi) is 20.7. The number of carbonyl (C=O) groups excluding carboxylic acids is 6. The first-order valence-electron chi connectivity index (χ1n) is 29.3. The Balaban J connectivity index is 0.911. The van der Waals surface area contributed by atoms with E-state index in [0.717, 1.165) is 11.1 Å². The van der Waals surface area contributed by atoms with E-state index in [1.54, 1.807) is 48.7 Å². The topological polar surface area (TPSA) is 285 Å². The van der Waals surface area contributed by atoms with Gasteiger partial charge in [0.2, 0.25) is 23.5 Å². The summed E-state index contributed by atoms with van der Waals surface area (Å²) in [6.07, 6.45) is 5.36. The molecular formula is C64H79N11O10. The van der Waals surface area contributed by atoms with Gasteiger partial charge in [-0.3, -0.25) is 33.3 Å². The van der Waals surface area contributed by atoms with Gasteiger partial charge >= 0.3 is 0 Å². The number of amides is 5. The van der Waals surface area contributed by atoms with Gasteiger partial charge < -0.3 is 51.2 Å². The highest BCUT2D eigenvalue weighted by molar-refractivity contribution is 5.99. The number of anilines is 1. The molecule has 0 aliphatic carbocycles. The number of nitrogens with one attached hydrogen (secondary N) is 5. The Bertz CT molecular complexity index is 3270. The Morgan fingerprint density at radius 1 is 0.694 bits per heavy atom. The number of hydrogen-bond donors (Lipinski definition) is 7. The molecule has 450 valence electrons. The number of hydrogen-bond acceptors (Lipinski definition) is 15. The number of aromatic hydroxyl groups is 2. The van der Waals surface area contributed by atoms with Crippen LogP contribution in [-0.4, -0.2) is 132 Å². The highest BCUT2D eigenvalue weighted by Gasteiger charge is 2.50. The normalized spacial score (nSPS) is 16.5. The second kappa shape index (κ2) is 28.2. The van der Waals surface area contributed by atoms with E-state index in [4.69, 9.17) is 9.47 Å². The predicted octanol–water partition coefficient (Wildman–Crippen LogP) is 6.93. The molecule has 8 rings (SSSR count). The summed E-state index contributed by atoms with van der Waals surface area (Å²) < 4.78 is 13.4. The van der Waals surface area contributed by atoms with Gasteiger partial charge in [-0.15, -0.1) is 10.2 Å². The van der Waals surface area contributed by atoms with E-state index in [1.807, 2.05) is 102 Å². The molecule has 0 bridgehead atoms. The van der Waals surface area contributed by atoms with Crippen LogP contribution in [0.1, 0.15) is 131 Å². The maximum Gasteiger partial charge on any atom is 0.289 e. The number of ketones is 1. The van der Waals surface area contributed by atoms with E-state index in [-0.39, 0.29) is 84.4 Å². The van der Waals surface area contributed by atoms with Gasteiger partial charge in [0.05, 0.1) is 30.6 Å². The van der Waals surface area contributed by atoms with Crippen LogP contribution < -0.4 is 36.2 Å². The van der Waals surface area contributed by atoms with Crippen molar-refractivity contribution in [3.63, 3.8) is 0 Å². The SMILES string of the molecule is CCNC(=O)c1nnc(-c2cc(C(C)C)c(O)cc2O)n1-c1ccc(OC2CCN(c3cnc(C(=O)N[C@@H](CCc4ccccc4)C(=O)NC(CC(C)C)C(=O)N[C@@H](Cc4ccccc4)C(=O)N[C@@H](CC(C)C)C(=O)[C@@]4(C)CO4)cn3)CC2)cc1. The Morgan fingerprint density at radius 3 is 1.89 bits per heavy atom. The maximum atomic E-state index is 14.5. The summed E-state index contributed by atoms with van der Waals surface area (Å²) in [6.45, 7) is 16.9. The first-order valence-corrected chi connectivity index (χ1v) is 29.3. The van der Waals surface area contributed by atoms with Crippen LogP contribution >= 0.6 is 0 Å². The van der Waals surface area contributed by atoms with Gasteiger partial charge in [0, 0.05) is 50.7 Å². The average molecular weight is 1160 g/mol. The van der Waals surface area contributed by atoms with E-state index in [0.29, 0.717) is 73.7 Å². The molecule has 85 heavy (non-hydrogen) atoms. The molecule has 7 N–H and O–H groups in total. The van der Waals surface area contributed by atoms with Crippen LogP contribution in [0, 0.1) is 11.8 Å². The number of carbonyl (C=O) groups is 6. The van der Waals surface area contributed by atoms with Crippen molar-refractivity contribution in [3.8, 4) is 34.3 Å². The largest absolute Gasteiger partial charge is 0.508 e. The second-order valence-corrected chi connectivity index (χ2v) is 23.2. The van der Waals surface area contributed by atoms with Crippen LogP contribution in [0.2, 0.25) is 0 Å². The lowest BCUT2D eigenvalue weighted by Gasteiger charge is -2.32. The van der Waals surface area contributed by atoms with Gasteiger partial charge in [0.1, 0.15) is 58.6 Å². The molecule has 5 amide bonds. The fourth-order valence-corrected chi connectivity index (χ4v) is 10.4. The number of epoxide rings is 1. The third-order valence-electron chi connectivity index (χ3n) is 15.1. The molecule has 4 aromatic carbocycles. The van der Waals surface area contributed by atoms with Gasteiger partial charge in [0.25, 0.3) is 11.8 Å². The third-order valence-corrected chi connectivity index (χ3v) is 15.1. The molecule has 2 saturated heterocycles. The minimum absolute atomic E-state index is 0.0115. The number of ether oxygens (including phenoxy) is 2. The number of nitrogens with zero attached hydrogens (tertiary/aromatic N) is 6. The molecular weight excluding hydrogens is 1080 g/mol. The van der Waals surface area contributed by atoms with Crippen molar-refractivity contribution in [2.45, 2.75) is 142 Å². The van der Waals surface area contributed by atoms with E-state index in [9.17, 15) is 39.0 Å². The van der Waals surface area contributed by atoms with Crippen molar-refractivity contribution in [2.24, 2.45) is 11.8 Å². The molecule has 0 spiro atoms. The van der Waals surface area contributed by atoms with Crippen LogP contribution in [-0.2, 0) is 36.8 Å². The third kappa shape index (κ3) is 16.3. The molecule has 5 atom stereocenters. The Morgan fingerprint density at radius 2 is 1.29 bits per heavy atom. The lowest BCUT2D eigenvalue weighted by atomic mass is 9.93. The molecule has 0 radical (unpaired) electrons. The summed E-state index contributed by atoms with van der Waals surface area (Å²) in [5.41, 5.74) is 2.18. The van der Waals surface area contributed by atoms with Crippen LogP contribution in [0.3, 0.4) is 0 Å². The summed E-state index contributed by atoms with van der Waals surface area (Å²) in [5.74, 6) is -1.98. The first-order chi connectivity index (χ1) is 40.7. The maximum absolute atomic E-state index is 14.5. The van der Waals surface area contributed by atoms with E-state index >= 15 is 0 Å². The Labute approximate surface area is 496 Å². The van der Waals surface area contributed by atoms with Gasteiger partial charge in [-0.05, 0) is 104 Å². The number of rotatable bonds is 27. The molecule has 4 heterocycles. The molecule has 2 fully saturated rings. The summed E-state index contributed by atoms with van der Waals surface area (Å²) in [6, 6.07) is 24.7. The van der Waals surface area contributed by atoms with Crippen molar-refractivity contribution >= 4 is 41.1 Å². The number of phenolic OH excluding ortho intramolecular Hbond substituents is 2. The summed E-state index contributed by atoms with van der Waals surface area (Å²) >= 11 is 0. The predicted molar refractivity (Wildman–Crippen MR) is 320 cm³/mol. The molecule has 2 aliphatic heterocycles. The first kappa shape index (κ1) is 62.3. The van der Waals surface area contributed by atoms with Gasteiger partial charge in [-0.1, -0.05) is 102 Å². The van der Waals surface area contributed by atoms with E-state index in [1.165, 1.54) is 18.5 Å². The highest BCUT2D eigenvalue weighted by atomic mass is 16.6. The molecule has 6 aromatic rings. The lowest BCUT2D eigenvalue weighted by Crippen LogP contribution is -2.59. The van der Waals surface area contributed by atoms with Crippen LogP contribution in [0.4, 0.5) is 5.82 Å². The minimum Gasteiger partial charge on any atom is -0.508 e. The molecule has 1 unspecified atom stereocenters. The monoisotopic (exact) mass is 1160 g/mol. The number of Topliss-reactive ketones (excluding diaryl/α,β-unsaturated/α-hetero) is 1. The standard InChI is InChI=1S/C64H79N11O10/c1-9-65-63(83)58-73-72-57(47-33-46(40(6)7)53(76)34-54(47)77)75(58)43-21-23-44(24-22-43)85-45-26-28-74(29-27-45)55-36-66-52(35-67-55)62(82)68-48(25-20-41-16-12-10-13-17-41)59(79)70-50(31-39(4)5)60(80)71-51(32-42-18-14-11-15-19-42)61(81)69-49(30-38(2)3)56(78)64(8)37-84-64/h10-19,21-24,33-36,38-40,45,48-51,76-77H,9,20,25-32,37H2,1-8H3,(H,65,83)(H,68,82)(H,69,81)(H,70,79)(H,71,80)/t48-,49-,50?,51-,64+/m0/s1. The lowest BCUT2D eigenvalue weighted by molar-refractivity contribution is -0.134. The summed E-state index contributed by atoms with van der Waals surface area (Å²) in [5, 5.41) is 44.4. The fraction of sp³-hybridized carbons (Fsp3) is 0.438. The zero-order valence-corrected chi connectivity index (χ0v) is 49.6. The second-order valence-electron chi connectivity index (χ2n) is 23.2. The van der Waals surface area contributed by atoms with Crippen LogP contribution in [0.15, 0.2) is 109 Å². The van der Waals surface area contributed by atoms with Crippen molar-refractivity contribution in [3.05, 3.63) is 138 Å². The number of piperidine rings is 1. The highest BCUT2D eigenvalue weighted by Crippen LogP contribution is 2.39. The van der Waals surface area contributed by atoms with Gasteiger partial charge in [-0.2, -0.15) is 0 Å². The van der Waals surface area contributed by atoms with Gasteiger partial charge in [-0.25, -0.2) is 9.97 Å². The molecule has 2 aliphatic rings. The van der Waals surface area contributed by atoms with E-state index in [2.05, 4.69) is 51.6 Å².